The Morgan fingerprint density at radius 3 is 2.48 bits per heavy atom. The Morgan fingerprint density at radius 2 is 1.81 bits per heavy atom. The van der Waals surface area contributed by atoms with E-state index in [1.54, 1.807) is 24.5 Å². The number of carboxylic acids is 1. The second-order valence-electron chi connectivity index (χ2n) is 7.73. The van der Waals surface area contributed by atoms with Crippen molar-refractivity contribution in [3.8, 4) is 11.4 Å². The number of aliphatic carboxylic acids is 1. The van der Waals surface area contributed by atoms with Gasteiger partial charge in [-0.2, -0.15) is 4.80 Å². The number of hydrogen-bond donors (Lipinski definition) is 1. The van der Waals surface area contributed by atoms with E-state index in [4.69, 9.17) is 16.7 Å². The lowest BCUT2D eigenvalue weighted by atomic mass is 10.0. The van der Waals surface area contributed by atoms with Gasteiger partial charge in [0.1, 0.15) is 5.82 Å². The van der Waals surface area contributed by atoms with Crippen molar-refractivity contribution in [1.82, 2.24) is 30.2 Å². The zero-order valence-electron chi connectivity index (χ0n) is 16.3. The van der Waals surface area contributed by atoms with E-state index in [0.717, 1.165) is 31.0 Å². The molecule has 2 unspecified atom stereocenters. The van der Waals surface area contributed by atoms with Crippen molar-refractivity contribution < 1.29 is 14.3 Å². The molecule has 5 rings (SSSR count). The molecule has 31 heavy (non-hydrogen) atoms. The first-order valence-corrected chi connectivity index (χ1v) is 10.1. The highest BCUT2D eigenvalue weighted by Crippen LogP contribution is 2.36. The van der Waals surface area contributed by atoms with Crippen LogP contribution in [0.1, 0.15) is 0 Å². The molecule has 2 atom stereocenters. The Labute approximate surface area is 181 Å². The predicted octanol–water partition coefficient (Wildman–Crippen LogP) is 1.58. The van der Waals surface area contributed by atoms with Crippen LogP contribution in [0.3, 0.4) is 0 Å². The van der Waals surface area contributed by atoms with Gasteiger partial charge in [-0.25, -0.2) is 14.4 Å². The number of fused-ring (bicyclic) bond motifs is 1. The van der Waals surface area contributed by atoms with Gasteiger partial charge in [-0.1, -0.05) is 11.6 Å². The summed E-state index contributed by atoms with van der Waals surface area (Å²) in [5.41, 5.74) is 1.11. The summed E-state index contributed by atoms with van der Waals surface area (Å²) in [4.78, 5) is 24.8. The number of carbonyl (C=O) groups is 1. The van der Waals surface area contributed by atoms with Crippen LogP contribution in [0.15, 0.2) is 30.6 Å². The zero-order valence-corrected chi connectivity index (χ0v) is 17.0. The topological polar surface area (TPSA) is 113 Å². The van der Waals surface area contributed by atoms with Crippen LogP contribution in [0.25, 0.3) is 11.4 Å². The molecule has 2 aliphatic rings. The summed E-state index contributed by atoms with van der Waals surface area (Å²) in [6.45, 7) is 2.73. The van der Waals surface area contributed by atoms with Crippen molar-refractivity contribution in [3.05, 3.63) is 41.4 Å². The largest absolute Gasteiger partial charge is 0.480 e. The van der Waals surface area contributed by atoms with E-state index in [-0.39, 0.29) is 18.2 Å². The molecule has 3 aromatic rings. The highest BCUT2D eigenvalue weighted by atomic mass is 35.5. The highest BCUT2D eigenvalue weighted by Gasteiger charge is 2.41. The molecule has 4 heterocycles. The fourth-order valence-corrected chi connectivity index (χ4v) is 4.39. The third-order valence-electron chi connectivity index (χ3n) is 5.64. The number of anilines is 2. The maximum absolute atomic E-state index is 14.2. The number of hydrogen-bond acceptors (Lipinski definition) is 8. The van der Waals surface area contributed by atoms with Gasteiger partial charge in [-0.15, -0.1) is 10.2 Å². The number of tetrazole rings is 1. The van der Waals surface area contributed by atoms with Gasteiger partial charge in [-0.3, -0.25) is 4.79 Å². The van der Waals surface area contributed by atoms with Crippen LogP contribution in [0.5, 0.6) is 0 Å². The Hall–Kier alpha value is -3.34. The van der Waals surface area contributed by atoms with Gasteiger partial charge in [0.25, 0.3) is 0 Å². The quantitative estimate of drug-likeness (QED) is 0.626. The van der Waals surface area contributed by atoms with E-state index in [1.165, 1.54) is 6.07 Å². The van der Waals surface area contributed by atoms with E-state index in [9.17, 15) is 9.18 Å². The molecule has 160 valence electrons. The maximum atomic E-state index is 14.2. The standard InChI is InChI=1S/C19H18ClFN8O2/c20-14-1-2-15(21)16(3-14)27-6-12-8-28(9-13(12)7-27)19-22-4-11(5-23-19)18-24-26-29(25-18)10-17(30)31/h1-5,12-13H,6-10H2,(H,30,31). The van der Waals surface area contributed by atoms with Gasteiger partial charge in [0.2, 0.25) is 11.8 Å². The maximum Gasteiger partial charge on any atom is 0.327 e. The first-order chi connectivity index (χ1) is 15.0. The number of rotatable bonds is 5. The normalized spacial score (nSPS) is 20.3. The van der Waals surface area contributed by atoms with Crippen LogP contribution in [0, 0.1) is 17.7 Å². The lowest BCUT2D eigenvalue weighted by Crippen LogP contribution is -2.30. The average Bonchev–Trinajstić information content (AvgIpc) is 3.44. The van der Waals surface area contributed by atoms with Crippen LogP contribution in [0.2, 0.25) is 5.02 Å². The van der Waals surface area contributed by atoms with E-state index in [1.807, 2.05) is 0 Å². The van der Waals surface area contributed by atoms with Crippen LogP contribution in [-0.4, -0.2) is 67.4 Å². The first kappa shape index (κ1) is 19.6. The van der Waals surface area contributed by atoms with Gasteiger partial charge in [-0.05, 0) is 23.4 Å². The van der Waals surface area contributed by atoms with E-state index in [0.29, 0.717) is 34.1 Å². The Morgan fingerprint density at radius 1 is 1.13 bits per heavy atom. The minimum atomic E-state index is -1.05. The molecule has 0 aliphatic carbocycles. The first-order valence-electron chi connectivity index (χ1n) is 9.73. The summed E-state index contributed by atoms with van der Waals surface area (Å²) in [5, 5.41) is 20.9. The van der Waals surface area contributed by atoms with Gasteiger partial charge >= 0.3 is 5.97 Å². The highest BCUT2D eigenvalue weighted by molar-refractivity contribution is 6.30. The third kappa shape index (κ3) is 3.88. The molecule has 2 aromatic heterocycles. The number of aromatic nitrogens is 6. The molecule has 2 saturated heterocycles. The van der Waals surface area contributed by atoms with Crippen LogP contribution in [-0.2, 0) is 11.3 Å². The van der Waals surface area contributed by atoms with Crippen LogP contribution in [0.4, 0.5) is 16.0 Å². The van der Waals surface area contributed by atoms with Gasteiger partial charge in [0, 0.05) is 55.4 Å². The average molecular weight is 445 g/mol. The molecule has 12 heteroatoms. The summed E-state index contributed by atoms with van der Waals surface area (Å²) in [6.07, 6.45) is 3.21. The number of nitrogens with zero attached hydrogens (tertiary/aromatic N) is 8. The fourth-order valence-electron chi connectivity index (χ4n) is 4.23. The minimum Gasteiger partial charge on any atom is -0.480 e. The second-order valence-corrected chi connectivity index (χ2v) is 8.17. The van der Waals surface area contributed by atoms with Crippen molar-refractivity contribution in [2.24, 2.45) is 11.8 Å². The second kappa shape index (κ2) is 7.73. The Balaban J connectivity index is 1.24. The van der Waals surface area contributed by atoms with Crippen molar-refractivity contribution in [2.75, 3.05) is 36.0 Å². The molecule has 0 amide bonds. The molecule has 2 fully saturated rings. The summed E-state index contributed by atoms with van der Waals surface area (Å²) in [6, 6.07) is 4.64. The fraction of sp³-hybridized carbons (Fsp3) is 0.368. The molecule has 0 spiro atoms. The molecule has 1 aromatic carbocycles. The minimum absolute atomic E-state index is 0.256. The van der Waals surface area contributed by atoms with Gasteiger partial charge in [0.05, 0.1) is 11.3 Å². The Bertz CT molecular complexity index is 1110. The molecule has 10 nitrogen and oxygen atoms in total. The number of benzene rings is 1. The monoisotopic (exact) mass is 444 g/mol. The predicted molar refractivity (Wildman–Crippen MR) is 109 cm³/mol. The summed E-state index contributed by atoms with van der Waals surface area (Å²) >= 11 is 6.04. The number of carboxylic acid groups (broad SMARTS) is 1. The molecule has 0 saturated carbocycles. The molecule has 2 aliphatic heterocycles. The summed E-state index contributed by atoms with van der Waals surface area (Å²) in [7, 11) is 0. The molecular formula is C19H18ClFN8O2. The Kier molecular flexibility index (Phi) is 4.89. The molecule has 0 radical (unpaired) electrons. The van der Waals surface area contributed by atoms with E-state index >= 15 is 0 Å². The van der Waals surface area contributed by atoms with Crippen LogP contribution >= 0.6 is 11.6 Å². The van der Waals surface area contributed by atoms with Crippen molar-refractivity contribution in [3.63, 3.8) is 0 Å². The van der Waals surface area contributed by atoms with Crippen molar-refractivity contribution >= 4 is 29.2 Å². The van der Waals surface area contributed by atoms with Crippen LogP contribution < -0.4 is 9.80 Å². The van der Waals surface area contributed by atoms with E-state index < -0.39 is 5.97 Å². The van der Waals surface area contributed by atoms with Crippen molar-refractivity contribution in [2.45, 2.75) is 6.54 Å². The zero-order chi connectivity index (χ0) is 21.5. The van der Waals surface area contributed by atoms with Crippen molar-refractivity contribution in [1.29, 1.82) is 0 Å². The smallest absolute Gasteiger partial charge is 0.327 e. The SMILES string of the molecule is O=C(O)Cn1nnc(-c2cnc(N3CC4CN(c5cc(Cl)ccc5F)CC4C3)nc2)n1. The molecule has 0 bridgehead atoms. The number of halogens is 2. The third-order valence-corrected chi connectivity index (χ3v) is 5.88. The van der Waals surface area contributed by atoms with Gasteiger partial charge < -0.3 is 14.9 Å². The molecule has 1 N–H and O–H groups in total. The molecular weight excluding hydrogens is 427 g/mol. The lowest BCUT2D eigenvalue weighted by molar-refractivity contribution is -0.138. The summed E-state index contributed by atoms with van der Waals surface area (Å²) < 4.78 is 14.2. The van der Waals surface area contributed by atoms with Gasteiger partial charge in [0.15, 0.2) is 6.54 Å². The summed E-state index contributed by atoms with van der Waals surface area (Å²) in [5.74, 6) is 0.348. The van der Waals surface area contributed by atoms with E-state index in [2.05, 4.69) is 35.2 Å². The lowest BCUT2D eigenvalue weighted by Gasteiger charge is -2.23.